The lowest BCUT2D eigenvalue weighted by atomic mass is 9.86. The predicted octanol–water partition coefficient (Wildman–Crippen LogP) is 2.84. The van der Waals surface area contributed by atoms with E-state index in [4.69, 9.17) is 0 Å². The number of amides is 2. The molecule has 5 nitrogen and oxygen atoms in total. The molecule has 1 aromatic rings. The Labute approximate surface area is 150 Å². The first-order valence-corrected chi connectivity index (χ1v) is 11.2. The Bertz CT molecular complexity index is 737. The van der Waals surface area contributed by atoms with Crippen LogP contribution >= 0.6 is 0 Å². The molecule has 2 aliphatic rings. The second-order valence-corrected chi connectivity index (χ2v) is 9.80. The number of hydrogen-bond donors (Lipinski definition) is 1. The third-order valence-corrected chi connectivity index (χ3v) is 6.43. The maximum Gasteiger partial charge on any atom is 0.317 e. The fourth-order valence-corrected chi connectivity index (χ4v) is 5.23. The highest BCUT2D eigenvalue weighted by Crippen LogP contribution is 2.31. The van der Waals surface area contributed by atoms with Crippen molar-refractivity contribution >= 4 is 15.9 Å². The van der Waals surface area contributed by atoms with Gasteiger partial charge in [-0.1, -0.05) is 23.8 Å². The van der Waals surface area contributed by atoms with E-state index in [2.05, 4.69) is 30.4 Å². The van der Waals surface area contributed by atoms with E-state index in [9.17, 15) is 13.2 Å². The van der Waals surface area contributed by atoms with Crippen LogP contribution in [0.2, 0.25) is 0 Å². The number of fused-ring (bicyclic) bond motifs is 1. The summed E-state index contributed by atoms with van der Waals surface area (Å²) in [4.78, 5) is 14.5. The SMILES string of the molecule is Cc1ccc2c(c1)[C@@H](NC(=O)N1CCC(CS(C)(=O)=O)CC1)CCC2. The summed E-state index contributed by atoms with van der Waals surface area (Å²) in [6.45, 7) is 3.36. The smallest absolute Gasteiger partial charge is 0.317 e. The molecule has 6 heteroatoms. The number of urea groups is 1. The topological polar surface area (TPSA) is 66.5 Å². The zero-order chi connectivity index (χ0) is 18.0. The average Bonchev–Trinajstić information content (AvgIpc) is 2.54. The van der Waals surface area contributed by atoms with Crippen LogP contribution in [0.4, 0.5) is 4.79 Å². The molecular formula is C19H28N2O3S. The molecule has 0 aromatic heterocycles. The molecule has 0 radical (unpaired) electrons. The van der Waals surface area contributed by atoms with Gasteiger partial charge >= 0.3 is 6.03 Å². The molecular weight excluding hydrogens is 336 g/mol. The van der Waals surface area contributed by atoms with Gasteiger partial charge < -0.3 is 10.2 Å². The minimum absolute atomic E-state index is 0.0165. The second kappa shape index (κ2) is 7.36. The van der Waals surface area contributed by atoms with Crippen LogP contribution in [0.25, 0.3) is 0 Å². The standard InChI is InChI=1S/C19H28N2O3S/c1-14-6-7-16-4-3-5-18(17(16)12-14)20-19(22)21-10-8-15(9-11-21)13-25(2,23)24/h6-7,12,15,18H,3-5,8-11,13H2,1-2H3,(H,20,22)/t18-/m0/s1. The fourth-order valence-electron chi connectivity index (χ4n) is 4.04. The van der Waals surface area contributed by atoms with Crippen LogP contribution in [0.1, 0.15) is 48.4 Å². The number of rotatable bonds is 3. The largest absolute Gasteiger partial charge is 0.331 e. The first kappa shape index (κ1) is 18.2. The van der Waals surface area contributed by atoms with E-state index < -0.39 is 9.84 Å². The maximum absolute atomic E-state index is 12.6. The predicted molar refractivity (Wildman–Crippen MR) is 99.4 cm³/mol. The molecule has 1 aliphatic heterocycles. The molecule has 0 bridgehead atoms. The number of carbonyl (C=O) groups is 1. The van der Waals surface area contributed by atoms with Crippen molar-refractivity contribution in [1.82, 2.24) is 10.2 Å². The zero-order valence-electron chi connectivity index (χ0n) is 15.1. The molecule has 2 amide bonds. The highest BCUT2D eigenvalue weighted by molar-refractivity contribution is 7.90. The van der Waals surface area contributed by atoms with E-state index >= 15 is 0 Å². The van der Waals surface area contributed by atoms with Crippen LogP contribution < -0.4 is 5.32 Å². The highest BCUT2D eigenvalue weighted by atomic mass is 32.2. The van der Waals surface area contributed by atoms with Crippen molar-refractivity contribution in [3.63, 3.8) is 0 Å². The molecule has 0 saturated carbocycles. The van der Waals surface area contributed by atoms with E-state index in [1.54, 1.807) is 0 Å². The van der Waals surface area contributed by atoms with Crippen molar-refractivity contribution in [2.45, 2.75) is 45.1 Å². The molecule has 0 spiro atoms. The van der Waals surface area contributed by atoms with Crippen LogP contribution in [0, 0.1) is 12.8 Å². The number of nitrogens with zero attached hydrogens (tertiary/aromatic N) is 1. The summed E-state index contributed by atoms with van der Waals surface area (Å²) in [5.74, 6) is 0.412. The summed E-state index contributed by atoms with van der Waals surface area (Å²) in [5.41, 5.74) is 3.82. The van der Waals surface area contributed by atoms with Crippen LogP contribution in [-0.4, -0.2) is 44.4 Å². The minimum atomic E-state index is -2.94. The average molecular weight is 365 g/mol. The molecule has 25 heavy (non-hydrogen) atoms. The molecule has 1 saturated heterocycles. The number of carbonyl (C=O) groups excluding carboxylic acids is 1. The van der Waals surface area contributed by atoms with Crippen molar-refractivity contribution in [3.8, 4) is 0 Å². The van der Waals surface area contributed by atoms with E-state index in [1.807, 2.05) is 4.90 Å². The summed E-state index contributed by atoms with van der Waals surface area (Å²) in [7, 11) is -2.94. The normalized spacial score (nSPS) is 21.7. The fraction of sp³-hybridized carbons (Fsp3) is 0.632. The quantitative estimate of drug-likeness (QED) is 0.897. The number of piperidine rings is 1. The second-order valence-electron chi connectivity index (χ2n) is 7.62. The third kappa shape index (κ3) is 4.75. The Balaban J connectivity index is 1.58. The van der Waals surface area contributed by atoms with E-state index in [-0.39, 0.29) is 23.7 Å². The minimum Gasteiger partial charge on any atom is -0.331 e. The van der Waals surface area contributed by atoms with Crippen molar-refractivity contribution in [1.29, 1.82) is 0 Å². The molecule has 0 unspecified atom stereocenters. The van der Waals surface area contributed by atoms with Gasteiger partial charge in [-0.25, -0.2) is 13.2 Å². The van der Waals surface area contributed by atoms with Crippen LogP contribution in [0.5, 0.6) is 0 Å². The molecule has 1 fully saturated rings. The molecule has 1 atom stereocenters. The van der Waals surface area contributed by atoms with Crippen LogP contribution in [-0.2, 0) is 16.3 Å². The molecule has 1 N–H and O–H groups in total. The van der Waals surface area contributed by atoms with Gasteiger partial charge in [0.05, 0.1) is 11.8 Å². The van der Waals surface area contributed by atoms with Gasteiger partial charge in [0.15, 0.2) is 0 Å². The van der Waals surface area contributed by atoms with E-state index in [0.29, 0.717) is 13.1 Å². The summed E-state index contributed by atoms with van der Waals surface area (Å²) < 4.78 is 22.9. The molecule has 138 valence electrons. The molecule has 3 rings (SSSR count). The van der Waals surface area contributed by atoms with E-state index in [1.165, 1.54) is 22.9 Å². The maximum atomic E-state index is 12.6. The van der Waals surface area contributed by atoms with Gasteiger partial charge in [0.25, 0.3) is 0 Å². The first-order chi connectivity index (χ1) is 11.8. The zero-order valence-corrected chi connectivity index (χ0v) is 15.9. The lowest BCUT2D eigenvalue weighted by Crippen LogP contribution is -2.46. The summed E-state index contributed by atoms with van der Waals surface area (Å²) in [5, 5.41) is 3.20. The monoisotopic (exact) mass is 364 g/mol. The number of likely N-dealkylation sites (tertiary alicyclic amines) is 1. The van der Waals surface area contributed by atoms with Crippen LogP contribution in [0.15, 0.2) is 18.2 Å². The van der Waals surface area contributed by atoms with Crippen molar-refractivity contribution in [3.05, 3.63) is 34.9 Å². The number of sulfone groups is 1. The van der Waals surface area contributed by atoms with Gasteiger partial charge in [0, 0.05) is 19.3 Å². The Kier molecular flexibility index (Phi) is 5.37. The Morgan fingerprint density at radius 2 is 1.96 bits per heavy atom. The van der Waals surface area contributed by atoms with Gasteiger partial charge in [-0.05, 0) is 56.1 Å². The van der Waals surface area contributed by atoms with Crippen molar-refractivity contribution in [2.24, 2.45) is 5.92 Å². The summed E-state index contributed by atoms with van der Waals surface area (Å²) in [6.07, 6.45) is 5.97. The van der Waals surface area contributed by atoms with Gasteiger partial charge in [-0.3, -0.25) is 0 Å². The van der Waals surface area contributed by atoms with E-state index in [0.717, 1.165) is 32.1 Å². The lowest BCUT2D eigenvalue weighted by Gasteiger charge is -2.34. The first-order valence-electron chi connectivity index (χ1n) is 9.14. The van der Waals surface area contributed by atoms with Gasteiger partial charge in [-0.2, -0.15) is 0 Å². The summed E-state index contributed by atoms with van der Waals surface area (Å²) >= 11 is 0. The number of nitrogens with one attached hydrogen (secondary N) is 1. The molecule has 1 aromatic carbocycles. The Morgan fingerprint density at radius 3 is 2.64 bits per heavy atom. The third-order valence-electron chi connectivity index (χ3n) is 5.35. The van der Waals surface area contributed by atoms with Gasteiger partial charge in [-0.15, -0.1) is 0 Å². The molecule has 1 heterocycles. The highest BCUT2D eigenvalue weighted by Gasteiger charge is 2.28. The van der Waals surface area contributed by atoms with Crippen molar-refractivity contribution in [2.75, 3.05) is 25.1 Å². The van der Waals surface area contributed by atoms with Crippen LogP contribution in [0.3, 0.4) is 0 Å². The Hall–Kier alpha value is -1.56. The number of benzene rings is 1. The lowest BCUT2D eigenvalue weighted by molar-refractivity contribution is 0.170. The number of aryl methyl sites for hydroxylation is 2. The summed E-state index contributed by atoms with van der Waals surface area (Å²) in [6, 6.07) is 6.58. The van der Waals surface area contributed by atoms with Gasteiger partial charge in [0.2, 0.25) is 0 Å². The van der Waals surface area contributed by atoms with Crippen molar-refractivity contribution < 1.29 is 13.2 Å². The Morgan fingerprint density at radius 1 is 1.24 bits per heavy atom. The molecule has 1 aliphatic carbocycles. The number of hydrogen-bond acceptors (Lipinski definition) is 3. The van der Waals surface area contributed by atoms with Gasteiger partial charge in [0.1, 0.15) is 9.84 Å².